The van der Waals surface area contributed by atoms with Gasteiger partial charge in [-0.3, -0.25) is 9.59 Å². The van der Waals surface area contributed by atoms with Crippen molar-refractivity contribution < 1.29 is 14.3 Å². The number of hydrogen-bond acceptors (Lipinski definition) is 4. The number of carbonyl (C=O) groups excluding carboxylic acids is 2. The van der Waals surface area contributed by atoms with Crippen LogP contribution in [0.15, 0.2) is 24.3 Å². The van der Waals surface area contributed by atoms with Crippen LogP contribution in [0.4, 0.5) is 0 Å². The van der Waals surface area contributed by atoms with Crippen molar-refractivity contribution in [1.82, 2.24) is 10.2 Å². The van der Waals surface area contributed by atoms with Gasteiger partial charge in [-0.05, 0) is 31.9 Å². The smallest absolute Gasteiger partial charge is 0.256 e. The highest BCUT2D eigenvalue weighted by molar-refractivity contribution is 7.99. The summed E-state index contributed by atoms with van der Waals surface area (Å²) in [4.78, 5) is 26.7. The molecule has 0 saturated carbocycles. The van der Waals surface area contributed by atoms with E-state index in [0.29, 0.717) is 18.9 Å². The molecule has 5 nitrogen and oxygen atoms in total. The van der Waals surface area contributed by atoms with Crippen LogP contribution in [0.1, 0.15) is 41.6 Å². The zero-order valence-corrected chi connectivity index (χ0v) is 14.3. The topological polar surface area (TPSA) is 58.6 Å². The fourth-order valence-corrected chi connectivity index (χ4v) is 4.43. The van der Waals surface area contributed by atoms with Crippen LogP contribution in [0.25, 0.3) is 0 Å². The standard InChI is InChI=1S/C17H22N2O3S/c1-11(2)22-9-5-8-18-15(20)14-10-23-17-13-7-4-3-6-12(13)16(21)19(14)17/h3-4,6-7,11,14,17H,5,8-10H2,1-2H3,(H,18,20)/t14-,17+/m0/s1. The van der Waals surface area contributed by atoms with Gasteiger partial charge in [-0.15, -0.1) is 11.8 Å². The third-order valence-electron chi connectivity index (χ3n) is 4.07. The van der Waals surface area contributed by atoms with Crippen molar-refractivity contribution in [3.8, 4) is 0 Å². The maximum Gasteiger partial charge on any atom is 0.256 e. The molecule has 0 aromatic heterocycles. The largest absolute Gasteiger partial charge is 0.379 e. The molecule has 3 rings (SSSR count). The summed E-state index contributed by atoms with van der Waals surface area (Å²) in [5, 5.41) is 2.92. The minimum atomic E-state index is -0.379. The van der Waals surface area contributed by atoms with E-state index >= 15 is 0 Å². The molecule has 0 spiro atoms. The third kappa shape index (κ3) is 3.23. The molecule has 0 aliphatic carbocycles. The lowest BCUT2D eigenvalue weighted by Gasteiger charge is -2.22. The van der Waals surface area contributed by atoms with E-state index in [0.717, 1.165) is 17.5 Å². The Morgan fingerprint density at radius 1 is 1.43 bits per heavy atom. The Bertz CT molecular complexity index is 605. The molecule has 2 aliphatic rings. The number of carbonyl (C=O) groups is 2. The van der Waals surface area contributed by atoms with Gasteiger partial charge in [-0.2, -0.15) is 0 Å². The van der Waals surface area contributed by atoms with Gasteiger partial charge in [0.2, 0.25) is 5.91 Å². The number of ether oxygens (including phenoxy) is 1. The van der Waals surface area contributed by atoms with Crippen LogP contribution >= 0.6 is 11.8 Å². The molecule has 1 N–H and O–H groups in total. The Balaban J connectivity index is 1.56. The van der Waals surface area contributed by atoms with E-state index in [1.54, 1.807) is 16.7 Å². The lowest BCUT2D eigenvalue weighted by Crippen LogP contribution is -2.46. The van der Waals surface area contributed by atoms with Crippen molar-refractivity contribution >= 4 is 23.6 Å². The summed E-state index contributed by atoms with van der Waals surface area (Å²) in [6.07, 6.45) is 0.986. The van der Waals surface area contributed by atoms with Gasteiger partial charge in [0.25, 0.3) is 5.91 Å². The summed E-state index contributed by atoms with van der Waals surface area (Å²) in [7, 11) is 0. The van der Waals surface area contributed by atoms with Gasteiger partial charge in [-0.25, -0.2) is 0 Å². The molecule has 2 atom stereocenters. The van der Waals surface area contributed by atoms with Gasteiger partial charge in [0, 0.05) is 24.5 Å². The minimum Gasteiger partial charge on any atom is -0.379 e. The van der Waals surface area contributed by atoms with E-state index in [2.05, 4.69) is 5.32 Å². The van der Waals surface area contributed by atoms with E-state index in [1.807, 2.05) is 38.1 Å². The van der Waals surface area contributed by atoms with E-state index in [9.17, 15) is 9.59 Å². The van der Waals surface area contributed by atoms with Crippen molar-refractivity contribution in [2.24, 2.45) is 0 Å². The van der Waals surface area contributed by atoms with Crippen LogP contribution in [0.3, 0.4) is 0 Å². The van der Waals surface area contributed by atoms with E-state index < -0.39 is 0 Å². The van der Waals surface area contributed by atoms with Crippen LogP contribution in [0.2, 0.25) is 0 Å². The molecule has 0 radical (unpaired) electrons. The average molecular weight is 334 g/mol. The predicted octanol–water partition coefficient (Wildman–Crippen LogP) is 2.19. The highest BCUT2D eigenvalue weighted by atomic mass is 32.2. The SMILES string of the molecule is CC(C)OCCCNC(=O)[C@@H]1CS[C@@H]2c3ccccc3C(=O)N21. The molecule has 1 saturated heterocycles. The first-order valence-electron chi connectivity index (χ1n) is 8.02. The Labute approximate surface area is 140 Å². The van der Waals surface area contributed by atoms with Crippen molar-refractivity contribution in [2.45, 2.75) is 37.8 Å². The fraction of sp³-hybridized carbons (Fsp3) is 0.529. The number of thioether (sulfide) groups is 1. The molecule has 1 aromatic carbocycles. The maximum atomic E-state index is 12.6. The van der Waals surface area contributed by atoms with Crippen LogP contribution < -0.4 is 5.32 Å². The second-order valence-electron chi connectivity index (χ2n) is 6.07. The van der Waals surface area contributed by atoms with Gasteiger partial charge < -0.3 is 15.0 Å². The van der Waals surface area contributed by atoms with Gasteiger partial charge >= 0.3 is 0 Å². The normalized spacial score (nSPS) is 22.4. The summed E-state index contributed by atoms with van der Waals surface area (Å²) in [6.45, 7) is 5.19. The molecular formula is C17H22N2O3S. The zero-order chi connectivity index (χ0) is 16.4. The highest BCUT2D eigenvalue weighted by Crippen LogP contribution is 2.47. The molecule has 6 heteroatoms. The Hall–Kier alpha value is -1.53. The second kappa shape index (κ2) is 6.93. The lowest BCUT2D eigenvalue weighted by molar-refractivity contribution is -0.124. The van der Waals surface area contributed by atoms with Crippen molar-refractivity contribution in [3.63, 3.8) is 0 Å². The molecule has 2 aliphatic heterocycles. The number of nitrogens with one attached hydrogen (secondary N) is 1. The van der Waals surface area contributed by atoms with Gasteiger partial charge in [0.1, 0.15) is 11.4 Å². The van der Waals surface area contributed by atoms with Crippen LogP contribution in [0.5, 0.6) is 0 Å². The third-order valence-corrected chi connectivity index (χ3v) is 5.37. The number of rotatable bonds is 6. The summed E-state index contributed by atoms with van der Waals surface area (Å²) in [6, 6.07) is 7.26. The van der Waals surface area contributed by atoms with Gasteiger partial charge in [0.05, 0.1) is 6.10 Å². The summed E-state index contributed by atoms with van der Waals surface area (Å²) >= 11 is 1.66. The van der Waals surface area contributed by atoms with E-state index in [-0.39, 0.29) is 29.3 Å². The Morgan fingerprint density at radius 3 is 3.00 bits per heavy atom. The second-order valence-corrected chi connectivity index (χ2v) is 7.18. The molecule has 2 amide bonds. The first-order valence-corrected chi connectivity index (χ1v) is 9.07. The summed E-state index contributed by atoms with van der Waals surface area (Å²) < 4.78 is 5.46. The first-order chi connectivity index (χ1) is 11.1. The molecular weight excluding hydrogens is 312 g/mol. The monoisotopic (exact) mass is 334 g/mol. The van der Waals surface area contributed by atoms with Crippen molar-refractivity contribution in [2.75, 3.05) is 18.9 Å². The predicted molar refractivity (Wildman–Crippen MR) is 90.3 cm³/mol. The zero-order valence-electron chi connectivity index (χ0n) is 13.5. The first kappa shape index (κ1) is 16.3. The summed E-state index contributed by atoms with van der Waals surface area (Å²) in [5.41, 5.74) is 1.76. The molecule has 2 heterocycles. The number of fused-ring (bicyclic) bond motifs is 3. The van der Waals surface area contributed by atoms with Gasteiger partial charge in [0.15, 0.2) is 0 Å². The Kier molecular flexibility index (Phi) is 4.92. The van der Waals surface area contributed by atoms with E-state index in [4.69, 9.17) is 4.74 Å². The molecule has 1 aromatic rings. The van der Waals surface area contributed by atoms with Gasteiger partial charge in [-0.1, -0.05) is 18.2 Å². The molecule has 1 fully saturated rings. The van der Waals surface area contributed by atoms with Crippen molar-refractivity contribution in [3.05, 3.63) is 35.4 Å². The number of nitrogens with zero attached hydrogens (tertiary/aromatic N) is 1. The van der Waals surface area contributed by atoms with Crippen LogP contribution in [-0.2, 0) is 9.53 Å². The molecule has 23 heavy (non-hydrogen) atoms. The molecule has 0 unspecified atom stereocenters. The maximum absolute atomic E-state index is 12.6. The molecule has 0 bridgehead atoms. The average Bonchev–Trinajstić information content (AvgIpc) is 3.08. The number of benzene rings is 1. The summed E-state index contributed by atoms with van der Waals surface area (Å²) in [5.74, 6) is 0.559. The quantitative estimate of drug-likeness (QED) is 0.810. The fourth-order valence-electron chi connectivity index (χ4n) is 2.96. The molecule has 124 valence electrons. The van der Waals surface area contributed by atoms with Crippen LogP contribution in [-0.4, -0.2) is 47.8 Å². The van der Waals surface area contributed by atoms with Crippen molar-refractivity contribution in [1.29, 1.82) is 0 Å². The van der Waals surface area contributed by atoms with E-state index in [1.165, 1.54) is 0 Å². The number of hydrogen-bond donors (Lipinski definition) is 1. The lowest BCUT2D eigenvalue weighted by atomic mass is 10.1. The minimum absolute atomic E-state index is 0.0151. The van der Waals surface area contributed by atoms with Crippen LogP contribution in [0, 0.1) is 0 Å². The highest BCUT2D eigenvalue weighted by Gasteiger charge is 2.48. The number of amides is 2. The Morgan fingerprint density at radius 2 is 2.22 bits per heavy atom.